The standard InChI is InChI=1S/C15H25NO4/c1-13(2,3)20-12(19)16-15(10-11(17)18)9-5-8-14(15)6-4-7-14/h4-10H2,1-3H3,(H,16,19)(H,17,18). The molecule has 0 aromatic rings. The summed E-state index contributed by atoms with van der Waals surface area (Å²) in [6.45, 7) is 5.43. The van der Waals surface area contributed by atoms with Crippen LogP contribution in [0.3, 0.4) is 0 Å². The summed E-state index contributed by atoms with van der Waals surface area (Å²) in [5.74, 6) is -0.853. The van der Waals surface area contributed by atoms with Crippen molar-refractivity contribution in [2.75, 3.05) is 0 Å². The first kappa shape index (κ1) is 15.1. The predicted octanol–water partition coefficient (Wildman–Crippen LogP) is 3.08. The fourth-order valence-corrected chi connectivity index (χ4v) is 3.84. The fourth-order valence-electron chi connectivity index (χ4n) is 3.84. The lowest BCUT2D eigenvalue weighted by Crippen LogP contribution is -2.61. The fraction of sp³-hybridized carbons (Fsp3) is 0.867. The van der Waals surface area contributed by atoms with E-state index in [1.54, 1.807) is 0 Å². The number of carboxylic acid groups (broad SMARTS) is 1. The number of hydrogen-bond donors (Lipinski definition) is 2. The van der Waals surface area contributed by atoms with Crippen LogP contribution in [-0.2, 0) is 9.53 Å². The van der Waals surface area contributed by atoms with Crippen LogP contribution in [0.5, 0.6) is 0 Å². The first-order valence-electron chi connectivity index (χ1n) is 7.41. The zero-order valence-corrected chi connectivity index (χ0v) is 12.6. The second-order valence-electron chi connectivity index (χ2n) is 7.27. The van der Waals surface area contributed by atoms with Gasteiger partial charge in [0, 0.05) is 0 Å². The number of carbonyl (C=O) groups is 2. The third kappa shape index (κ3) is 2.76. The lowest BCUT2D eigenvalue weighted by atomic mass is 9.57. The molecule has 114 valence electrons. The molecule has 1 spiro atoms. The van der Waals surface area contributed by atoms with Crippen molar-refractivity contribution in [3.63, 3.8) is 0 Å². The molecule has 1 atom stereocenters. The summed E-state index contributed by atoms with van der Waals surface area (Å²) < 4.78 is 5.33. The molecule has 0 saturated heterocycles. The van der Waals surface area contributed by atoms with E-state index in [0.717, 1.165) is 38.5 Å². The Hall–Kier alpha value is -1.26. The molecular formula is C15H25NO4. The maximum absolute atomic E-state index is 12.1. The molecule has 2 fully saturated rings. The first-order chi connectivity index (χ1) is 9.18. The number of alkyl carbamates (subject to hydrolysis) is 1. The molecule has 0 aromatic carbocycles. The Morgan fingerprint density at radius 2 is 1.70 bits per heavy atom. The number of rotatable bonds is 3. The molecule has 2 N–H and O–H groups in total. The molecule has 5 nitrogen and oxygen atoms in total. The van der Waals surface area contributed by atoms with Crippen molar-refractivity contribution in [1.82, 2.24) is 5.32 Å². The van der Waals surface area contributed by atoms with Crippen LogP contribution < -0.4 is 5.32 Å². The zero-order valence-electron chi connectivity index (χ0n) is 12.6. The Morgan fingerprint density at radius 1 is 1.15 bits per heavy atom. The molecule has 2 aliphatic carbocycles. The summed E-state index contributed by atoms with van der Waals surface area (Å²) in [4.78, 5) is 23.4. The minimum Gasteiger partial charge on any atom is -0.481 e. The summed E-state index contributed by atoms with van der Waals surface area (Å²) >= 11 is 0. The maximum atomic E-state index is 12.1. The van der Waals surface area contributed by atoms with Gasteiger partial charge >= 0.3 is 12.1 Å². The summed E-state index contributed by atoms with van der Waals surface area (Å²) in [6.07, 6.45) is 5.36. The van der Waals surface area contributed by atoms with E-state index in [9.17, 15) is 14.7 Å². The number of carbonyl (C=O) groups excluding carboxylic acids is 1. The van der Waals surface area contributed by atoms with Gasteiger partial charge in [0.05, 0.1) is 12.0 Å². The molecule has 2 aliphatic rings. The quantitative estimate of drug-likeness (QED) is 0.834. The molecule has 0 radical (unpaired) electrons. The number of hydrogen-bond acceptors (Lipinski definition) is 3. The van der Waals surface area contributed by atoms with Gasteiger partial charge in [-0.3, -0.25) is 4.79 Å². The van der Waals surface area contributed by atoms with Crippen molar-refractivity contribution >= 4 is 12.1 Å². The van der Waals surface area contributed by atoms with Crippen LogP contribution in [0.25, 0.3) is 0 Å². The van der Waals surface area contributed by atoms with Crippen LogP contribution in [0.15, 0.2) is 0 Å². The van der Waals surface area contributed by atoms with Crippen molar-refractivity contribution in [3.05, 3.63) is 0 Å². The van der Waals surface area contributed by atoms with Gasteiger partial charge in [-0.1, -0.05) is 12.8 Å². The Kier molecular flexibility index (Phi) is 3.73. The van der Waals surface area contributed by atoms with Crippen LogP contribution in [0.4, 0.5) is 4.79 Å². The van der Waals surface area contributed by atoms with Crippen LogP contribution >= 0.6 is 0 Å². The number of amides is 1. The largest absolute Gasteiger partial charge is 0.481 e. The number of carboxylic acids is 1. The molecule has 0 bridgehead atoms. The van der Waals surface area contributed by atoms with Crippen LogP contribution in [-0.4, -0.2) is 28.3 Å². The van der Waals surface area contributed by atoms with E-state index in [1.165, 1.54) is 0 Å². The zero-order chi connectivity index (χ0) is 15.0. The predicted molar refractivity (Wildman–Crippen MR) is 74.5 cm³/mol. The Balaban J connectivity index is 2.16. The molecule has 0 aliphatic heterocycles. The van der Waals surface area contributed by atoms with Gasteiger partial charge in [-0.2, -0.15) is 0 Å². The Labute approximate surface area is 120 Å². The van der Waals surface area contributed by atoms with E-state index >= 15 is 0 Å². The summed E-state index contributed by atoms with van der Waals surface area (Å²) in [6, 6.07) is 0. The third-order valence-corrected chi connectivity index (χ3v) is 4.78. The lowest BCUT2D eigenvalue weighted by molar-refractivity contribution is -0.141. The van der Waals surface area contributed by atoms with Crippen LogP contribution in [0, 0.1) is 5.41 Å². The van der Waals surface area contributed by atoms with Gasteiger partial charge in [0.25, 0.3) is 0 Å². The van der Waals surface area contributed by atoms with Gasteiger partial charge in [-0.05, 0) is 51.9 Å². The van der Waals surface area contributed by atoms with Crippen molar-refractivity contribution in [3.8, 4) is 0 Å². The highest BCUT2D eigenvalue weighted by Crippen LogP contribution is 2.60. The van der Waals surface area contributed by atoms with E-state index in [-0.39, 0.29) is 11.8 Å². The summed E-state index contributed by atoms with van der Waals surface area (Å²) in [7, 11) is 0. The van der Waals surface area contributed by atoms with E-state index in [2.05, 4.69) is 5.32 Å². The Morgan fingerprint density at radius 3 is 2.15 bits per heavy atom. The monoisotopic (exact) mass is 283 g/mol. The molecule has 1 unspecified atom stereocenters. The van der Waals surface area contributed by atoms with Crippen LogP contribution in [0.2, 0.25) is 0 Å². The highest BCUT2D eigenvalue weighted by molar-refractivity contribution is 5.73. The first-order valence-corrected chi connectivity index (χ1v) is 7.41. The van der Waals surface area contributed by atoms with E-state index < -0.39 is 23.2 Å². The van der Waals surface area contributed by atoms with Crippen molar-refractivity contribution in [2.24, 2.45) is 5.41 Å². The minimum atomic E-state index is -0.853. The molecule has 2 saturated carbocycles. The smallest absolute Gasteiger partial charge is 0.408 e. The number of nitrogens with one attached hydrogen (secondary N) is 1. The van der Waals surface area contributed by atoms with Crippen LogP contribution in [0.1, 0.15) is 65.7 Å². The second-order valence-corrected chi connectivity index (χ2v) is 7.27. The van der Waals surface area contributed by atoms with E-state index in [4.69, 9.17) is 4.74 Å². The van der Waals surface area contributed by atoms with Gasteiger partial charge in [0.1, 0.15) is 5.60 Å². The molecule has 2 rings (SSSR count). The van der Waals surface area contributed by atoms with Crippen molar-refractivity contribution in [1.29, 1.82) is 0 Å². The topological polar surface area (TPSA) is 75.6 Å². The SMILES string of the molecule is CC(C)(C)OC(=O)NC1(CC(=O)O)CCCC12CCC2. The normalized spacial score (nSPS) is 27.9. The highest BCUT2D eigenvalue weighted by Gasteiger charge is 2.59. The molecule has 0 aromatic heterocycles. The van der Waals surface area contributed by atoms with Gasteiger partial charge in [0.15, 0.2) is 0 Å². The molecule has 1 amide bonds. The molecular weight excluding hydrogens is 258 g/mol. The summed E-state index contributed by atoms with van der Waals surface area (Å²) in [5, 5.41) is 12.2. The average Bonchev–Trinajstić information content (AvgIpc) is 2.51. The van der Waals surface area contributed by atoms with Gasteiger partial charge in [0.2, 0.25) is 0 Å². The second kappa shape index (κ2) is 4.93. The lowest BCUT2D eigenvalue weighted by Gasteiger charge is -2.52. The maximum Gasteiger partial charge on any atom is 0.408 e. The molecule has 20 heavy (non-hydrogen) atoms. The van der Waals surface area contributed by atoms with E-state index in [1.807, 2.05) is 20.8 Å². The van der Waals surface area contributed by atoms with Crippen molar-refractivity contribution in [2.45, 2.75) is 76.9 Å². The van der Waals surface area contributed by atoms with Gasteiger partial charge in [-0.25, -0.2) is 4.79 Å². The number of ether oxygens (including phenoxy) is 1. The van der Waals surface area contributed by atoms with Gasteiger partial charge in [-0.15, -0.1) is 0 Å². The Bertz CT molecular complexity index is 409. The summed E-state index contributed by atoms with van der Waals surface area (Å²) in [5.41, 5.74) is -1.22. The molecule has 0 heterocycles. The van der Waals surface area contributed by atoms with Crippen molar-refractivity contribution < 1.29 is 19.4 Å². The third-order valence-electron chi connectivity index (χ3n) is 4.78. The molecule has 5 heteroatoms. The van der Waals surface area contributed by atoms with Gasteiger partial charge < -0.3 is 15.2 Å². The highest BCUT2D eigenvalue weighted by atomic mass is 16.6. The average molecular weight is 283 g/mol. The number of aliphatic carboxylic acids is 1. The van der Waals surface area contributed by atoms with E-state index in [0.29, 0.717) is 0 Å². The minimum absolute atomic E-state index is 0.00770.